The summed E-state index contributed by atoms with van der Waals surface area (Å²) in [5.74, 6) is -0.535. The summed E-state index contributed by atoms with van der Waals surface area (Å²) in [6, 6.07) is 1.69. The molecule has 3 heterocycles. The first-order valence-corrected chi connectivity index (χ1v) is 12.2. The third-order valence-electron chi connectivity index (χ3n) is 7.82. The van der Waals surface area contributed by atoms with Crippen molar-refractivity contribution in [3.05, 3.63) is 54.8 Å². The summed E-state index contributed by atoms with van der Waals surface area (Å²) in [5.41, 5.74) is 0.0618. The minimum absolute atomic E-state index is 0.0349. The molecule has 11 nitrogen and oxygen atoms in total. The highest BCUT2D eigenvalue weighted by Gasteiger charge is 2.42. The molecule has 7 rings (SSSR count). The Morgan fingerprint density at radius 3 is 2.53 bits per heavy atom. The third kappa shape index (κ3) is 2.78. The largest absolute Gasteiger partial charge is 0.506 e. The van der Waals surface area contributed by atoms with Crippen LogP contribution in [0.5, 0.6) is 23.0 Å². The molecule has 2 aliphatic carbocycles. The lowest BCUT2D eigenvalue weighted by molar-refractivity contribution is -0.0587. The second-order valence-electron chi connectivity index (χ2n) is 9.92. The van der Waals surface area contributed by atoms with Crippen molar-refractivity contribution in [2.45, 2.75) is 44.5 Å². The number of aromatic hydroxyl groups is 2. The number of rotatable bonds is 1. The number of aromatic nitrogens is 1. The Hall–Kier alpha value is -4.06. The molecule has 2 aromatic carbocycles. The van der Waals surface area contributed by atoms with Crippen molar-refractivity contribution in [2.24, 2.45) is 0 Å². The fraction of sp³-hybridized carbons (Fsp3) is 0.333. The number of fused-ring (bicyclic) bond motifs is 6. The molecule has 0 saturated heterocycles. The Morgan fingerprint density at radius 2 is 1.76 bits per heavy atom. The highest BCUT2D eigenvalue weighted by Crippen LogP contribution is 2.59. The Morgan fingerprint density at radius 1 is 1.03 bits per heavy atom. The summed E-state index contributed by atoms with van der Waals surface area (Å²) in [6.07, 6.45) is -2.41. The van der Waals surface area contributed by atoms with Gasteiger partial charge in [-0.2, -0.15) is 0 Å². The van der Waals surface area contributed by atoms with Crippen LogP contribution in [0.2, 0.25) is 0 Å². The van der Waals surface area contributed by atoms with E-state index in [2.05, 4.69) is 4.98 Å². The maximum Gasteiger partial charge on any atom is 0.259 e. The van der Waals surface area contributed by atoms with E-state index in [1.807, 2.05) is 0 Å². The lowest BCUT2D eigenvalue weighted by Gasteiger charge is -2.35. The number of hydrogen-bond donors (Lipinski definition) is 5. The molecule has 0 saturated carbocycles. The molecule has 0 amide bonds. The van der Waals surface area contributed by atoms with Crippen LogP contribution < -0.4 is 20.5 Å². The number of aromatic amines is 1. The van der Waals surface area contributed by atoms with Gasteiger partial charge in [0.1, 0.15) is 34.5 Å². The first-order chi connectivity index (χ1) is 18.2. The molecule has 5 N–H and O–H groups in total. The molecule has 196 valence electrons. The van der Waals surface area contributed by atoms with Gasteiger partial charge in [-0.3, -0.25) is 9.59 Å². The lowest BCUT2D eigenvalue weighted by atomic mass is 9.78. The van der Waals surface area contributed by atoms with Crippen LogP contribution in [0.25, 0.3) is 32.9 Å². The number of aliphatic hydroxyl groups excluding tert-OH is 2. The van der Waals surface area contributed by atoms with E-state index >= 15 is 0 Å². The first kappa shape index (κ1) is 23.1. The summed E-state index contributed by atoms with van der Waals surface area (Å²) in [7, 11) is 1.37. The predicted molar refractivity (Wildman–Crippen MR) is 133 cm³/mol. The molecular formula is C27H23NO10. The van der Waals surface area contributed by atoms with E-state index in [1.54, 1.807) is 13.0 Å². The van der Waals surface area contributed by atoms with Crippen LogP contribution >= 0.6 is 0 Å². The fourth-order valence-corrected chi connectivity index (χ4v) is 6.23. The first-order valence-electron chi connectivity index (χ1n) is 12.2. The zero-order valence-corrected chi connectivity index (χ0v) is 20.4. The Bertz CT molecular complexity index is 1840. The van der Waals surface area contributed by atoms with Gasteiger partial charge in [0.05, 0.1) is 30.3 Å². The SMILES string of the molecule is COc1c2c(c(O)c3c(=O)c4c(oc13)C(O)CCC4O)-c1c3c(c4cc(C)[nH]c(=O)c4c1O)OCOC3C2. The predicted octanol–water partition coefficient (Wildman–Crippen LogP) is 2.85. The summed E-state index contributed by atoms with van der Waals surface area (Å²) >= 11 is 0. The number of H-pyrrole nitrogens is 1. The second kappa shape index (κ2) is 7.73. The van der Waals surface area contributed by atoms with Crippen molar-refractivity contribution in [1.29, 1.82) is 0 Å². The van der Waals surface area contributed by atoms with Crippen LogP contribution in [0.1, 0.15) is 59.3 Å². The summed E-state index contributed by atoms with van der Waals surface area (Å²) in [4.78, 5) is 29.3. The molecule has 0 fully saturated rings. The lowest BCUT2D eigenvalue weighted by Crippen LogP contribution is -2.26. The minimum Gasteiger partial charge on any atom is -0.506 e. The van der Waals surface area contributed by atoms with Crippen LogP contribution in [0.4, 0.5) is 0 Å². The maximum absolute atomic E-state index is 13.7. The number of pyridine rings is 1. The van der Waals surface area contributed by atoms with Gasteiger partial charge >= 0.3 is 0 Å². The highest BCUT2D eigenvalue weighted by molar-refractivity contribution is 6.07. The number of methoxy groups -OCH3 is 1. The standard InChI is InChI=1S/C27H23NO10/c1-8-5-9-15(27(34)28-8)21(32)18-14-10(6-13-17(18)23(9)37-7-36-13)24(35-2)26-19(20(14)31)22(33)16-11(29)3-4-12(30)25(16)38-26/h5,11-13,29-32H,3-4,6-7H2,1-2H3,(H,28,34). The molecule has 38 heavy (non-hydrogen) atoms. The maximum atomic E-state index is 13.7. The van der Waals surface area contributed by atoms with Gasteiger partial charge in [-0.05, 0) is 25.8 Å². The van der Waals surface area contributed by atoms with Crippen LogP contribution in [0.3, 0.4) is 0 Å². The monoisotopic (exact) mass is 521 g/mol. The zero-order valence-electron chi connectivity index (χ0n) is 20.4. The van der Waals surface area contributed by atoms with Crippen molar-refractivity contribution in [3.8, 4) is 34.1 Å². The molecule has 0 spiro atoms. The average Bonchev–Trinajstić information content (AvgIpc) is 2.88. The van der Waals surface area contributed by atoms with E-state index < -0.39 is 40.8 Å². The molecule has 11 heteroatoms. The molecule has 1 aliphatic heterocycles. The second-order valence-corrected chi connectivity index (χ2v) is 9.92. The van der Waals surface area contributed by atoms with Gasteiger partial charge in [0, 0.05) is 39.8 Å². The number of aryl methyl sites for hydroxylation is 1. The van der Waals surface area contributed by atoms with E-state index in [9.17, 15) is 30.0 Å². The van der Waals surface area contributed by atoms with E-state index in [1.165, 1.54) is 7.11 Å². The molecular weight excluding hydrogens is 498 g/mol. The third-order valence-corrected chi connectivity index (χ3v) is 7.82. The molecule has 3 aliphatic rings. The van der Waals surface area contributed by atoms with E-state index in [4.69, 9.17) is 18.6 Å². The van der Waals surface area contributed by atoms with Crippen LogP contribution in [0, 0.1) is 6.92 Å². The van der Waals surface area contributed by atoms with Gasteiger partial charge in [-0.1, -0.05) is 0 Å². The van der Waals surface area contributed by atoms with Crippen LogP contribution in [0.15, 0.2) is 20.1 Å². The van der Waals surface area contributed by atoms with Crippen molar-refractivity contribution < 1.29 is 39.1 Å². The van der Waals surface area contributed by atoms with Crippen molar-refractivity contribution in [3.63, 3.8) is 0 Å². The van der Waals surface area contributed by atoms with Crippen LogP contribution in [-0.4, -0.2) is 39.3 Å². The van der Waals surface area contributed by atoms with Gasteiger partial charge in [0.15, 0.2) is 18.1 Å². The summed E-state index contributed by atoms with van der Waals surface area (Å²) in [6.45, 7) is 1.61. The topological polar surface area (TPSA) is 172 Å². The van der Waals surface area contributed by atoms with Crippen molar-refractivity contribution in [2.75, 3.05) is 13.9 Å². The Kier molecular flexibility index (Phi) is 4.70. The molecule has 0 bridgehead atoms. The number of hydrogen-bond acceptors (Lipinski definition) is 10. The number of ether oxygens (including phenoxy) is 3. The van der Waals surface area contributed by atoms with Gasteiger partial charge < -0.3 is 44.0 Å². The summed E-state index contributed by atoms with van der Waals surface area (Å²) < 4.78 is 23.4. The van der Waals surface area contributed by atoms with Gasteiger partial charge in [0.2, 0.25) is 5.43 Å². The molecule has 2 aromatic heterocycles. The number of phenolic OH excluding ortho intramolecular Hbond substituents is 2. The zero-order chi connectivity index (χ0) is 26.6. The van der Waals surface area contributed by atoms with E-state index in [0.717, 1.165) is 0 Å². The van der Waals surface area contributed by atoms with E-state index in [-0.39, 0.29) is 70.6 Å². The summed E-state index contributed by atoms with van der Waals surface area (Å²) in [5, 5.41) is 44.3. The highest BCUT2D eigenvalue weighted by atomic mass is 16.7. The minimum atomic E-state index is -1.19. The molecule has 3 atom stereocenters. The van der Waals surface area contributed by atoms with Crippen LogP contribution in [-0.2, 0) is 11.2 Å². The van der Waals surface area contributed by atoms with Crippen molar-refractivity contribution in [1.82, 2.24) is 4.98 Å². The average molecular weight is 521 g/mol. The fourth-order valence-electron chi connectivity index (χ4n) is 6.23. The van der Waals surface area contributed by atoms with Crippen molar-refractivity contribution >= 4 is 21.7 Å². The smallest absolute Gasteiger partial charge is 0.259 e. The van der Waals surface area contributed by atoms with Gasteiger partial charge in [0.25, 0.3) is 5.56 Å². The number of benzene rings is 2. The van der Waals surface area contributed by atoms with E-state index in [0.29, 0.717) is 28.0 Å². The number of nitrogens with one attached hydrogen (secondary N) is 1. The quantitative estimate of drug-likeness (QED) is 0.251. The Balaban J connectivity index is 1.69. The number of aliphatic hydroxyl groups is 2. The van der Waals surface area contributed by atoms with Gasteiger partial charge in [-0.15, -0.1) is 0 Å². The Labute approximate surface area is 213 Å². The molecule has 3 unspecified atom stereocenters. The normalized spacial score (nSPS) is 21.5. The molecule has 0 radical (unpaired) electrons. The number of phenols is 2. The molecule has 4 aromatic rings. The van der Waals surface area contributed by atoms with Gasteiger partial charge in [-0.25, -0.2) is 0 Å².